The van der Waals surface area contributed by atoms with Gasteiger partial charge in [-0.3, -0.25) is 0 Å². The van der Waals surface area contributed by atoms with E-state index in [0.29, 0.717) is 11.2 Å². The maximum Gasteiger partial charge on any atom is 0.336 e. The van der Waals surface area contributed by atoms with Crippen molar-refractivity contribution in [2.45, 2.75) is 6.92 Å². The minimum absolute atomic E-state index is 0.350. The van der Waals surface area contributed by atoms with Gasteiger partial charge in [0.05, 0.1) is 0 Å². The third-order valence-electron chi connectivity index (χ3n) is 4.86. The van der Waals surface area contributed by atoms with Crippen LogP contribution in [0.25, 0.3) is 44.4 Å². The molecule has 0 aliphatic rings. The summed E-state index contributed by atoms with van der Waals surface area (Å²) >= 11 is 0. The molecule has 0 atom stereocenters. The first-order chi connectivity index (χ1) is 13.2. The Morgan fingerprint density at radius 1 is 0.667 bits per heavy atom. The molecule has 5 aromatic rings. The van der Waals surface area contributed by atoms with Crippen LogP contribution in [0, 0.1) is 6.92 Å². The highest BCUT2D eigenvalue weighted by molar-refractivity contribution is 6.06. The van der Waals surface area contributed by atoms with Crippen LogP contribution < -0.4 is 5.63 Å². The summed E-state index contributed by atoms with van der Waals surface area (Å²) in [5, 5.41) is 1.92. The lowest BCUT2D eigenvalue weighted by atomic mass is 9.97. The van der Waals surface area contributed by atoms with Crippen molar-refractivity contribution in [2.75, 3.05) is 0 Å². The summed E-state index contributed by atoms with van der Waals surface area (Å²) in [5.41, 5.74) is 4.93. The molecule has 0 amide bonds. The van der Waals surface area contributed by atoms with Crippen LogP contribution >= 0.6 is 0 Å². The summed E-state index contributed by atoms with van der Waals surface area (Å²) in [6.45, 7) is 1.92. The van der Waals surface area contributed by atoms with Crippen molar-refractivity contribution in [3.8, 4) is 22.5 Å². The summed E-state index contributed by atoms with van der Waals surface area (Å²) in [6, 6.07) is 25.7. The van der Waals surface area contributed by atoms with Gasteiger partial charge < -0.3 is 8.83 Å². The van der Waals surface area contributed by atoms with E-state index in [9.17, 15) is 4.79 Å². The van der Waals surface area contributed by atoms with Crippen molar-refractivity contribution >= 4 is 21.9 Å². The van der Waals surface area contributed by atoms with Crippen molar-refractivity contribution in [1.29, 1.82) is 0 Å². The topological polar surface area (TPSA) is 43.4 Å². The van der Waals surface area contributed by atoms with Crippen LogP contribution in [0.1, 0.15) is 5.56 Å². The molecule has 0 saturated carbocycles. The Kier molecular flexibility index (Phi) is 3.47. The molecule has 3 aromatic carbocycles. The number of benzene rings is 3. The highest BCUT2D eigenvalue weighted by Gasteiger charge is 2.19. The lowest BCUT2D eigenvalue weighted by Crippen LogP contribution is -1.97. The van der Waals surface area contributed by atoms with E-state index >= 15 is 0 Å². The van der Waals surface area contributed by atoms with E-state index in [-0.39, 0.29) is 5.63 Å². The van der Waals surface area contributed by atoms with Crippen LogP contribution in [0.3, 0.4) is 0 Å². The summed E-state index contributed by atoms with van der Waals surface area (Å²) in [6.07, 6.45) is 0. The fourth-order valence-electron chi connectivity index (χ4n) is 3.59. The monoisotopic (exact) mass is 352 g/mol. The summed E-state index contributed by atoms with van der Waals surface area (Å²) in [5.74, 6) is 0.812. The van der Waals surface area contributed by atoms with E-state index in [0.717, 1.165) is 38.8 Å². The second-order valence-corrected chi connectivity index (χ2v) is 6.63. The Balaban J connectivity index is 1.93. The van der Waals surface area contributed by atoms with Gasteiger partial charge in [-0.15, -0.1) is 0 Å². The van der Waals surface area contributed by atoms with Gasteiger partial charge in [0.2, 0.25) is 0 Å². The second kappa shape index (κ2) is 5.99. The number of fused-ring (bicyclic) bond motifs is 2. The number of furan rings is 1. The van der Waals surface area contributed by atoms with Gasteiger partial charge in [-0.1, -0.05) is 60.7 Å². The molecule has 0 aliphatic heterocycles. The van der Waals surface area contributed by atoms with Crippen LogP contribution in [0.4, 0.5) is 0 Å². The van der Waals surface area contributed by atoms with E-state index in [2.05, 4.69) is 18.2 Å². The van der Waals surface area contributed by atoms with Gasteiger partial charge in [0, 0.05) is 34.0 Å². The molecular formula is C24H16O3. The quantitative estimate of drug-likeness (QED) is 0.356. The van der Waals surface area contributed by atoms with Gasteiger partial charge in [0.25, 0.3) is 0 Å². The first-order valence-corrected chi connectivity index (χ1v) is 8.82. The van der Waals surface area contributed by atoms with Crippen molar-refractivity contribution in [1.82, 2.24) is 0 Å². The van der Waals surface area contributed by atoms with E-state index in [1.165, 1.54) is 6.07 Å². The first-order valence-electron chi connectivity index (χ1n) is 8.82. The molecule has 0 N–H and O–H groups in total. The third-order valence-corrected chi connectivity index (χ3v) is 4.86. The largest absolute Gasteiger partial charge is 0.455 e. The molecule has 0 fully saturated rings. The Hall–Kier alpha value is -3.59. The minimum atomic E-state index is -0.350. The van der Waals surface area contributed by atoms with Crippen LogP contribution in [0.5, 0.6) is 0 Å². The molecule has 0 spiro atoms. The molecular weight excluding hydrogens is 336 g/mol. The summed E-state index contributed by atoms with van der Waals surface area (Å²) in [7, 11) is 0. The summed E-state index contributed by atoms with van der Waals surface area (Å²) < 4.78 is 11.7. The van der Waals surface area contributed by atoms with Crippen LogP contribution in [-0.2, 0) is 0 Å². The number of aryl methyl sites for hydroxylation is 1. The predicted octanol–water partition coefficient (Wildman–Crippen LogP) is 6.18. The average molecular weight is 352 g/mol. The fourth-order valence-corrected chi connectivity index (χ4v) is 3.59. The number of hydrogen-bond donors (Lipinski definition) is 0. The predicted molar refractivity (Wildman–Crippen MR) is 108 cm³/mol. The molecule has 27 heavy (non-hydrogen) atoms. The zero-order chi connectivity index (χ0) is 18.4. The molecule has 2 heterocycles. The van der Waals surface area contributed by atoms with E-state index in [1.54, 1.807) is 0 Å². The van der Waals surface area contributed by atoms with Gasteiger partial charge in [-0.05, 0) is 24.1 Å². The normalized spacial score (nSPS) is 11.3. The van der Waals surface area contributed by atoms with Gasteiger partial charge >= 0.3 is 5.63 Å². The van der Waals surface area contributed by atoms with Crippen molar-refractivity contribution in [3.05, 3.63) is 94.8 Å². The van der Waals surface area contributed by atoms with Gasteiger partial charge in [0.1, 0.15) is 16.9 Å². The van der Waals surface area contributed by atoms with E-state index in [4.69, 9.17) is 8.83 Å². The van der Waals surface area contributed by atoms with Crippen molar-refractivity contribution in [2.24, 2.45) is 0 Å². The Labute approximate surface area is 155 Å². The molecule has 3 heteroatoms. The molecule has 0 bridgehead atoms. The zero-order valence-corrected chi connectivity index (χ0v) is 14.7. The first kappa shape index (κ1) is 15.6. The SMILES string of the molecule is Cc1cc(=O)oc2cc3oc(-c4ccccc4)c(-c4ccccc4)c3cc12. The van der Waals surface area contributed by atoms with Gasteiger partial charge in [-0.25, -0.2) is 4.79 Å². The Morgan fingerprint density at radius 3 is 2.00 bits per heavy atom. The average Bonchev–Trinajstić information content (AvgIpc) is 3.06. The molecule has 0 unspecified atom stereocenters. The zero-order valence-electron chi connectivity index (χ0n) is 14.7. The molecule has 5 rings (SSSR count). The smallest absolute Gasteiger partial charge is 0.336 e. The Bertz CT molecular complexity index is 1330. The van der Waals surface area contributed by atoms with Crippen LogP contribution in [-0.4, -0.2) is 0 Å². The van der Waals surface area contributed by atoms with Crippen molar-refractivity contribution < 1.29 is 8.83 Å². The Morgan fingerprint density at radius 2 is 1.30 bits per heavy atom. The molecule has 2 aromatic heterocycles. The molecule has 130 valence electrons. The van der Waals surface area contributed by atoms with E-state index < -0.39 is 0 Å². The fraction of sp³-hybridized carbons (Fsp3) is 0.0417. The lowest BCUT2D eigenvalue weighted by Gasteiger charge is -2.04. The molecule has 3 nitrogen and oxygen atoms in total. The van der Waals surface area contributed by atoms with Crippen molar-refractivity contribution in [3.63, 3.8) is 0 Å². The standard InChI is InChI=1S/C24H16O3/c1-15-12-22(25)26-20-14-21-19(13-18(15)20)23(16-8-4-2-5-9-16)24(27-21)17-10-6-3-7-11-17/h2-14H,1H3. The molecule has 0 radical (unpaired) electrons. The van der Waals surface area contributed by atoms with Gasteiger partial charge in [-0.2, -0.15) is 0 Å². The minimum Gasteiger partial charge on any atom is -0.455 e. The third kappa shape index (κ3) is 2.56. The van der Waals surface area contributed by atoms with Crippen LogP contribution in [0.15, 0.2) is 92.5 Å². The number of hydrogen-bond acceptors (Lipinski definition) is 3. The lowest BCUT2D eigenvalue weighted by molar-refractivity contribution is 0.558. The molecule has 0 saturated heterocycles. The maximum absolute atomic E-state index is 11.8. The highest BCUT2D eigenvalue weighted by Crippen LogP contribution is 2.42. The van der Waals surface area contributed by atoms with Crippen LogP contribution in [0.2, 0.25) is 0 Å². The molecule has 0 aliphatic carbocycles. The number of rotatable bonds is 2. The van der Waals surface area contributed by atoms with E-state index in [1.807, 2.05) is 61.5 Å². The van der Waals surface area contributed by atoms with Gasteiger partial charge in [0.15, 0.2) is 0 Å². The maximum atomic E-state index is 11.8. The summed E-state index contributed by atoms with van der Waals surface area (Å²) in [4.78, 5) is 11.8. The second-order valence-electron chi connectivity index (χ2n) is 6.63. The highest BCUT2D eigenvalue weighted by atomic mass is 16.4.